The zero-order chi connectivity index (χ0) is 55.1. The van der Waals surface area contributed by atoms with E-state index in [4.69, 9.17) is 4.11 Å². The van der Waals surface area contributed by atoms with Crippen LogP contribution in [0.3, 0.4) is 0 Å². The predicted molar refractivity (Wildman–Crippen MR) is 314 cm³/mol. The van der Waals surface area contributed by atoms with Gasteiger partial charge < -0.3 is 14.7 Å². The van der Waals surface area contributed by atoms with Crippen molar-refractivity contribution in [1.29, 1.82) is 0 Å². The van der Waals surface area contributed by atoms with Gasteiger partial charge in [-0.15, -0.1) is 0 Å². The van der Waals surface area contributed by atoms with Gasteiger partial charge in [0.1, 0.15) is 0 Å². The van der Waals surface area contributed by atoms with Gasteiger partial charge >= 0.3 is 0 Å². The second kappa shape index (κ2) is 16.8. The van der Waals surface area contributed by atoms with Gasteiger partial charge in [-0.2, -0.15) is 0 Å². The quantitative estimate of drug-likeness (QED) is 0.154. The summed E-state index contributed by atoms with van der Waals surface area (Å²) in [5.41, 5.74) is 21.6. The van der Waals surface area contributed by atoms with E-state index in [1.54, 1.807) is 0 Å². The number of fused-ring (bicyclic) bond motifs is 7. The Morgan fingerprint density at radius 2 is 1.00 bits per heavy atom. The van der Waals surface area contributed by atoms with Crippen molar-refractivity contribution >= 4 is 74.3 Å². The van der Waals surface area contributed by atoms with Crippen LogP contribution in [-0.4, -0.2) is 6.71 Å². The van der Waals surface area contributed by atoms with E-state index in [1.165, 1.54) is 49.9 Å². The molecule has 360 valence electrons. The average molecular weight is 953 g/mol. The molecule has 2 aliphatic heterocycles. The second-order valence-electron chi connectivity index (χ2n) is 24.0. The molecule has 0 saturated carbocycles. The van der Waals surface area contributed by atoms with Crippen LogP contribution in [0.5, 0.6) is 0 Å². The van der Waals surface area contributed by atoms with Crippen molar-refractivity contribution in [3.05, 3.63) is 228 Å². The molecule has 0 N–H and O–H groups in total. The molecule has 12 rings (SSSR count). The van der Waals surface area contributed by atoms with Crippen LogP contribution in [0.2, 0.25) is 0 Å². The predicted octanol–water partition coefficient (Wildman–Crippen LogP) is 17.1. The minimum atomic E-state index is -0.432. The van der Waals surface area contributed by atoms with Gasteiger partial charge in [0, 0.05) is 56.6 Å². The summed E-state index contributed by atoms with van der Waals surface area (Å²) in [6, 6.07) is 59.9. The molecule has 0 atom stereocenters. The van der Waals surface area contributed by atoms with E-state index < -0.39 is 6.04 Å². The number of benzene rings is 9. The SMILES string of the molecule is [2H]c1c([2H])c([2H])c(N(c2ccc(-c3ccccc3)cc2)c2ccc3c(c2)N(c2ccc(C(C)(C)C)cc2)c2cc(C(C)(C)C)cc4c2B3c2cc(C(C)(C)C)ccc2N4c2ccc3c(c2)-c2ccccc2C3(C)C)c([2H])c1[2H]. The first-order chi connectivity index (χ1) is 36.9. The van der Waals surface area contributed by atoms with Gasteiger partial charge in [-0.1, -0.05) is 197 Å². The van der Waals surface area contributed by atoms with Crippen LogP contribution in [0.15, 0.2) is 200 Å². The highest BCUT2D eigenvalue weighted by Crippen LogP contribution is 2.53. The summed E-state index contributed by atoms with van der Waals surface area (Å²) in [6.07, 6.45) is 0. The monoisotopic (exact) mass is 953 g/mol. The van der Waals surface area contributed by atoms with Crippen LogP contribution in [0.4, 0.5) is 51.2 Å². The molecular weight excluding hydrogens is 882 g/mol. The smallest absolute Gasteiger partial charge is 0.252 e. The van der Waals surface area contributed by atoms with E-state index in [0.717, 1.165) is 50.7 Å². The third kappa shape index (κ3) is 7.72. The molecule has 2 heterocycles. The summed E-state index contributed by atoms with van der Waals surface area (Å²) in [6.45, 7) is 24.9. The van der Waals surface area contributed by atoms with Gasteiger partial charge in [0.2, 0.25) is 0 Å². The lowest BCUT2D eigenvalue weighted by atomic mass is 9.33. The minimum absolute atomic E-state index is 0.0804. The van der Waals surface area contributed by atoms with Gasteiger partial charge in [-0.25, -0.2) is 0 Å². The van der Waals surface area contributed by atoms with Crippen molar-refractivity contribution in [3.8, 4) is 22.3 Å². The third-order valence-electron chi connectivity index (χ3n) is 15.8. The lowest BCUT2D eigenvalue weighted by Gasteiger charge is -2.45. The maximum absolute atomic E-state index is 9.45. The summed E-state index contributed by atoms with van der Waals surface area (Å²) >= 11 is 0. The van der Waals surface area contributed by atoms with Crippen molar-refractivity contribution in [3.63, 3.8) is 0 Å². The molecule has 0 amide bonds. The van der Waals surface area contributed by atoms with E-state index in [1.807, 2.05) is 47.4 Å². The summed E-state index contributed by atoms with van der Waals surface area (Å²) in [7, 11) is 0. The Labute approximate surface area is 441 Å². The molecule has 3 nitrogen and oxygen atoms in total. The van der Waals surface area contributed by atoms with E-state index in [-0.39, 0.29) is 58.2 Å². The van der Waals surface area contributed by atoms with Gasteiger partial charge in [0.05, 0.1) is 6.85 Å². The van der Waals surface area contributed by atoms with Gasteiger partial charge in [0.25, 0.3) is 6.71 Å². The normalized spacial score (nSPS) is 15.2. The van der Waals surface area contributed by atoms with Crippen LogP contribution >= 0.6 is 0 Å². The van der Waals surface area contributed by atoms with Crippen molar-refractivity contribution in [1.82, 2.24) is 0 Å². The summed E-state index contributed by atoms with van der Waals surface area (Å²) < 4.78 is 45.4. The number of hydrogen-bond acceptors (Lipinski definition) is 3. The Balaban J connectivity index is 1.16. The topological polar surface area (TPSA) is 9.72 Å². The molecule has 73 heavy (non-hydrogen) atoms. The fourth-order valence-electron chi connectivity index (χ4n) is 11.7. The highest BCUT2D eigenvalue weighted by molar-refractivity contribution is 7.00. The Hall–Kier alpha value is -7.56. The third-order valence-corrected chi connectivity index (χ3v) is 15.8. The largest absolute Gasteiger partial charge is 0.311 e. The van der Waals surface area contributed by atoms with E-state index >= 15 is 0 Å². The Bertz CT molecular complexity index is 3870. The summed E-state index contributed by atoms with van der Waals surface area (Å²) in [4.78, 5) is 6.80. The first kappa shape index (κ1) is 41.0. The lowest BCUT2D eigenvalue weighted by molar-refractivity contribution is 0.590. The lowest BCUT2D eigenvalue weighted by Crippen LogP contribution is -2.61. The van der Waals surface area contributed by atoms with Crippen molar-refractivity contribution < 1.29 is 6.85 Å². The Kier molecular flexibility index (Phi) is 9.40. The molecule has 9 aromatic rings. The molecule has 0 fully saturated rings. The molecule has 4 heteroatoms. The molecular formula is C69H66BN3. The Morgan fingerprint density at radius 1 is 0.425 bits per heavy atom. The summed E-state index contributed by atoms with van der Waals surface area (Å²) in [5.74, 6) is 0. The molecule has 0 unspecified atom stereocenters. The van der Waals surface area contributed by atoms with Crippen LogP contribution in [0.25, 0.3) is 22.3 Å². The highest BCUT2D eigenvalue weighted by Gasteiger charge is 2.45. The van der Waals surface area contributed by atoms with E-state index in [0.29, 0.717) is 11.4 Å². The zero-order valence-electron chi connectivity index (χ0n) is 49.1. The first-order valence-electron chi connectivity index (χ1n) is 28.4. The van der Waals surface area contributed by atoms with Crippen LogP contribution in [0.1, 0.15) is 111 Å². The molecule has 0 saturated heterocycles. The molecule has 9 aromatic carbocycles. The fraction of sp³-hybridized carbons (Fsp3) is 0.217. The van der Waals surface area contributed by atoms with Gasteiger partial charge in [-0.3, -0.25) is 0 Å². The number of hydrogen-bond donors (Lipinski definition) is 0. The van der Waals surface area contributed by atoms with Crippen LogP contribution < -0.4 is 31.1 Å². The second-order valence-corrected chi connectivity index (χ2v) is 24.0. The number of para-hydroxylation sites is 1. The standard InChI is InChI=1S/C69H66BN3/c1-66(2,3)47-28-33-52(34-29-47)72-62-44-54(71(50-22-16-13-17-23-50)51-31-26-46(27-32-51)45-20-14-12-15-21-45)36-38-59(62)70-60-40-48(67(4,5)6)30-39-61(60)73(64-42-49(68(7,8)9)41-63(72)65(64)70)53-35-37-58-56(43-53)55-24-18-19-25-57(55)69(58,10)11/h12-44H,1-11H3/i13D,16D,17D,22D,23D. The number of nitrogens with zero attached hydrogens (tertiary/aromatic N) is 3. The summed E-state index contributed by atoms with van der Waals surface area (Å²) in [5, 5.41) is 0. The van der Waals surface area contributed by atoms with E-state index in [2.05, 4.69) is 213 Å². The minimum Gasteiger partial charge on any atom is -0.311 e. The maximum atomic E-state index is 9.45. The highest BCUT2D eigenvalue weighted by atomic mass is 15.2. The number of rotatable bonds is 6. The van der Waals surface area contributed by atoms with Gasteiger partial charge in [-0.05, 0) is 162 Å². The van der Waals surface area contributed by atoms with Crippen molar-refractivity contribution in [2.45, 2.75) is 97.8 Å². The maximum Gasteiger partial charge on any atom is 0.252 e. The fourth-order valence-corrected chi connectivity index (χ4v) is 11.7. The molecule has 0 bridgehead atoms. The Morgan fingerprint density at radius 3 is 1.67 bits per heavy atom. The van der Waals surface area contributed by atoms with Crippen LogP contribution in [-0.2, 0) is 21.7 Å². The van der Waals surface area contributed by atoms with E-state index in [9.17, 15) is 2.74 Å². The zero-order valence-corrected chi connectivity index (χ0v) is 44.1. The van der Waals surface area contributed by atoms with Crippen molar-refractivity contribution in [2.24, 2.45) is 0 Å². The molecule has 3 aliphatic rings. The first-order valence-corrected chi connectivity index (χ1v) is 25.9. The molecule has 0 aromatic heterocycles. The number of anilines is 9. The molecule has 0 radical (unpaired) electrons. The van der Waals surface area contributed by atoms with Crippen LogP contribution in [0, 0.1) is 0 Å². The van der Waals surface area contributed by atoms with Crippen molar-refractivity contribution in [2.75, 3.05) is 14.7 Å². The molecule has 0 spiro atoms. The van der Waals surface area contributed by atoms with Gasteiger partial charge in [0.15, 0.2) is 0 Å². The molecule has 1 aliphatic carbocycles. The average Bonchev–Trinajstić information content (AvgIpc) is 2.41.